The maximum Gasteiger partial charge on any atom is 0.255 e. The molecule has 0 atom stereocenters. The molecular weight excluding hydrogens is 246 g/mol. The number of aliphatic hydroxyl groups excluding tert-OH is 1. The quantitative estimate of drug-likeness (QED) is 0.590. The number of hydrogen-bond donors (Lipinski definition) is 4. The first-order valence-electron chi connectivity index (χ1n) is 6.39. The van der Waals surface area contributed by atoms with Crippen molar-refractivity contribution in [3.05, 3.63) is 23.8 Å². The summed E-state index contributed by atoms with van der Waals surface area (Å²) in [6, 6.07) is 3.79. The average molecular weight is 267 g/mol. The molecule has 5 heteroatoms. The van der Waals surface area contributed by atoms with Crippen molar-refractivity contribution in [2.45, 2.75) is 26.7 Å². The van der Waals surface area contributed by atoms with Crippen molar-refractivity contribution >= 4 is 5.91 Å². The Kier molecular flexibility index (Phi) is 5.18. The van der Waals surface area contributed by atoms with E-state index in [0.717, 1.165) is 12.8 Å². The molecule has 19 heavy (non-hydrogen) atoms. The van der Waals surface area contributed by atoms with Gasteiger partial charge in [0.25, 0.3) is 5.91 Å². The summed E-state index contributed by atoms with van der Waals surface area (Å²) in [5, 5.41) is 31.0. The highest BCUT2D eigenvalue weighted by Gasteiger charge is 2.26. The van der Waals surface area contributed by atoms with Gasteiger partial charge in [-0.05, 0) is 31.0 Å². The van der Waals surface area contributed by atoms with Crippen molar-refractivity contribution in [1.82, 2.24) is 5.32 Å². The minimum atomic E-state index is -0.465. The molecule has 106 valence electrons. The molecule has 0 saturated heterocycles. The van der Waals surface area contributed by atoms with Crippen LogP contribution >= 0.6 is 0 Å². The van der Waals surface area contributed by atoms with E-state index in [2.05, 4.69) is 5.32 Å². The monoisotopic (exact) mass is 267 g/mol. The van der Waals surface area contributed by atoms with E-state index in [1.54, 1.807) is 0 Å². The predicted molar refractivity (Wildman–Crippen MR) is 72.2 cm³/mol. The van der Waals surface area contributed by atoms with Gasteiger partial charge >= 0.3 is 0 Å². The standard InChI is InChI=1S/C14H21NO4/c1-3-14(4-2,9-16)8-15-13(19)11-7-10(17)5-6-12(11)18/h5-7,16-18H,3-4,8-9H2,1-2H3,(H,15,19). The van der Waals surface area contributed by atoms with E-state index in [1.165, 1.54) is 18.2 Å². The lowest BCUT2D eigenvalue weighted by atomic mass is 9.83. The fourth-order valence-corrected chi connectivity index (χ4v) is 1.85. The first kappa shape index (κ1) is 15.3. The Hall–Kier alpha value is -1.75. The summed E-state index contributed by atoms with van der Waals surface area (Å²) in [4.78, 5) is 11.9. The van der Waals surface area contributed by atoms with Crippen LogP contribution < -0.4 is 5.32 Å². The molecule has 0 aromatic heterocycles. The molecule has 0 aliphatic carbocycles. The smallest absolute Gasteiger partial charge is 0.255 e. The molecule has 1 aromatic carbocycles. The van der Waals surface area contributed by atoms with Gasteiger partial charge in [0.15, 0.2) is 0 Å². The Labute approximate surface area is 112 Å². The maximum atomic E-state index is 11.9. The summed E-state index contributed by atoms with van der Waals surface area (Å²) in [6.07, 6.45) is 1.48. The Bertz CT molecular complexity index is 433. The topological polar surface area (TPSA) is 89.8 Å². The van der Waals surface area contributed by atoms with Gasteiger partial charge in [0, 0.05) is 12.0 Å². The Balaban J connectivity index is 2.77. The summed E-state index contributed by atoms with van der Waals surface area (Å²) < 4.78 is 0. The molecule has 0 aliphatic rings. The van der Waals surface area contributed by atoms with Gasteiger partial charge in [0.2, 0.25) is 0 Å². The van der Waals surface area contributed by atoms with Crippen LogP contribution in [0, 0.1) is 5.41 Å². The second-order valence-electron chi connectivity index (χ2n) is 4.75. The van der Waals surface area contributed by atoms with Gasteiger partial charge < -0.3 is 20.6 Å². The summed E-state index contributed by atoms with van der Waals surface area (Å²) in [5.74, 6) is -0.728. The van der Waals surface area contributed by atoms with Gasteiger partial charge in [0.1, 0.15) is 11.5 Å². The largest absolute Gasteiger partial charge is 0.508 e. The highest BCUT2D eigenvalue weighted by molar-refractivity contribution is 5.97. The Morgan fingerprint density at radius 2 is 1.89 bits per heavy atom. The van der Waals surface area contributed by atoms with Gasteiger partial charge in [-0.25, -0.2) is 0 Å². The van der Waals surface area contributed by atoms with E-state index < -0.39 is 5.91 Å². The lowest BCUT2D eigenvalue weighted by Crippen LogP contribution is -2.39. The van der Waals surface area contributed by atoms with Gasteiger partial charge in [-0.3, -0.25) is 4.79 Å². The Morgan fingerprint density at radius 1 is 1.26 bits per heavy atom. The van der Waals surface area contributed by atoms with Crippen molar-refractivity contribution in [3.8, 4) is 11.5 Å². The molecule has 0 fully saturated rings. The molecule has 0 saturated carbocycles. The third-order valence-corrected chi connectivity index (χ3v) is 3.68. The maximum absolute atomic E-state index is 11.9. The SMILES string of the molecule is CCC(CC)(CO)CNC(=O)c1cc(O)ccc1O. The summed E-state index contributed by atoms with van der Waals surface area (Å²) in [6.45, 7) is 4.23. The second kappa shape index (κ2) is 6.43. The molecule has 1 amide bonds. The minimum absolute atomic E-state index is 0.00764. The molecule has 1 aromatic rings. The van der Waals surface area contributed by atoms with Gasteiger partial charge in [-0.2, -0.15) is 0 Å². The summed E-state index contributed by atoms with van der Waals surface area (Å²) >= 11 is 0. The number of carbonyl (C=O) groups is 1. The molecule has 0 bridgehead atoms. The molecule has 0 radical (unpaired) electrons. The molecule has 5 nitrogen and oxygen atoms in total. The molecule has 4 N–H and O–H groups in total. The van der Waals surface area contributed by atoms with Crippen LogP contribution in [0.25, 0.3) is 0 Å². The number of aromatic hydroxyl groups is 2. The van der Waals surface area contributed by atoms with E-state index in [-0.39, 0.29) is 29.1 Å². The zero-order valence-electron chi connectivity index (χ0n) is 11.3. The minimum Gasteiger partial charge on any atom is -0.508 e. The molecule has 0 heterocycles. The number of nitrogens with one attached hydrogen (secondary N) is 1. The van der Waals surface area contributed by atoms with E-state index in [9.17, 15) is 20.1 Å². The van der Waals surface area contributed by atoms with Crippen molar-refractivity contribution in [2.75, 3.05) is 13.2 Å². The number of hydrogen-bond acceptors (Lipinski definition) is 4. The molecular formula is C14H21NO4. The van der Waals surface area contributed by atoms with Crippen molar-refractivity contribution in [1.29, 1.82) is 0 Å². The Morgan fingerprint density at radius 3 is 2.42 bits per heavy atom. The number of amides is 1. The summed E-state index contributed by atoms with van der Waals surface area (Å²) in [7, 11) is 0. The second-order valence-corrected chi connectivity index (χ2v) is 4.75. The van der Waals surface area contributed by atoms with Crippen molar-refractivity contribution in [2.24, 2.45) is 5.41 Å². The number of aliphatic hydroxyl groups is 1. The van der Waals surface area contributed by atoms with Crippen LogP contribution in [0.4, 0.5) is 0 Å². The number of phenols is 2. The fourth-order valence-electron chi connectivity index (χ4n) is 1.85. The van der Waals surface area contributed by atoms with Crippen LogP contribution in [0.5, 0.6) is 11.5 Å². The van der Waals surface area contributed by atoms with Crippen LogP contribution in [0.1, 0.15) is 37.0 Å². The van der Waals surface area contributed by atoms with Gasteiger partial charge in [0.05, 0.1) is 12.2 Å². The van der Waals surface area contributed by atoms with Crippen molar-refractivity contribution < 1.29 is 20.1 Å². The third kappa shape index (κ3) is 3.61. The lowest BCUT2D eigenvalue weighted by Gasteiger charge is -2.29. The van der Waals surface area contributed by atoms with E-state index in [1.807, 2.05) is 13.8 Å². The van der Waals surface area contributed by atoms with Crippen molar-refractivity contribution in [3.63, 3.8) is 0 Å². The van der Waals surface area contributed by atoms with E-state index in [0.29, 0.717) is 6.54 Å². The number of rotatable bonds is 6. The molecule has 0 spiro atoms. The number of phenolic OH excluding ortho intramolecular Hbond substituents is 2. The predicted octanol–water partition coefficient (Wildman–Crippen LogP) is 1.63. The molecule has 0 unspecified atom stereocenters. The molecule has 1 rings (SSSR count). The average Bonchev–Trinajstić information content (AvgIpc) is 2.43. The number of carbonyl (C=O) groups excluding carboxylic acids is 1. The van der Waals surface area contributed by atoms with Gasteiger partial charge in [-0.15, -0.1) is 0 Å². The van der Waals surface area contributed by atoms with Crippen LogP contribution in [-0.2, 0) is 0 Å². The van der Waals surface area contributed by atoms with Crippen LogP contribution in [0.2, 0.25) is 0 Å². The normalized spacial score (nSPS) is 11.3. The first-order valence-corrected chi connectivity index (χ1v) is 6.39. The van der Waals surface area contributed by atoms with Crippen LogP contribution in [0.15, 0.2) is 18.2 Å². The third-order valence-electron chi connectivity index (χ3n) is 3.68. The lowest BCUT2D eigenvalue weighted by molar-refractivity contribution is 0.0848. The first-order chi connectivity index (χ1) is 8.98. The van der Waals surface area contributed by atoms with E-state index >= 15 is 0 Å². The summed E-state index contributed by atoms with van der Waals surface area (Å²) in [5.41, 5.74) is -0.318. The molecule has 0 aliphatic heterocycles. The zero-order chi connectivity index (χ0) is 14.5. The van der Waals surface area contributed by atoms with Gasteiger partial charge in [-0.1, -0.05) is 13.8 Å². The van der Waals surface area contributed by atoms with E-state index in [4.69, 9.17) is 0 Å². The highest BCUT2D eigenvalue weighted by Crippen LogP contribution is 2.26. The van der Waals surface area contributed by atoms with Crippen LogP contribution in [-0.4, -0.2) is 34.4 Å². The van der Waals surface area contributed by atoms with Crippen LogP contribution in [0.3, 0.4) is 0 Å². The number of benzene rings is 1. The fraction of sp³-hybridized carbons (Fsp3) is 0.500. The highest BCUT2D eigenvalue weighted by atomic mass is 16.3. The zero-order valence-corrected chi connectivity index (χ0v) is 11.3.